The van der Waals surface area contributed by atoms with Crippen molar-refractivity contribution in [3.05, 3.63) is 22.5 Å². The van der Waals surface area contributed by atoms with Crippen molar-refractivity contribution in [3.8, 4) is 0 Å². The molecule has 0 saturated carbocycles. The summed E-state index contributed by atoms with van der Waals surface area (Å²) in [6, 6.07) is -0.101. The monoisotopic (exact) mass is 290 g/mol. The van der Waals surface area contributed by atoms with Gasteiger partial charge in [0.1, 0.15) is 18.6 Å². The molecule has 0 spiro atoms. The Bertz CT molecular complexity index is 426. The van der Waals surface area contributed by atoms with E-state index < -0.39 is 11.2 Å². The number of aliphatic hydroxyl groups excluding tert-OH is 1. The molecule has 2 heterocycles. The van der Waals surface area contributed by atoms with Gasteiger partial charge in [-0.1, -0.05) is 11.9 Å². The zero-order valence-corrected chi connectivity index (χ0v) is 11.5. The standard InChI is InChI=1S/C11H18N4O3.ClH/c1-2-9(8-4-3-5-12-10(8)16)14-7-6-13-11(14)15(17)18;/h6-10,12,16H,2-5H2,1H3;1H. The topological polar surface area (TPSA) is 93.2 Å². The van der Waals surface area contributed by atoms with Crippen LogP contribution in [-0.2, 0) is 0 Å². The molecule has 3 atom stereocenters. The number of nitrogens with zero attached hydrogens (tertiary/aromatic N) is 3. The first-order valence-electron chi connectivity index (χ1n) is 6.23. The van der Waals surface area contributed by atoms with Crippen molar-refractivity contribution < 1.29 is 10.0 Å². The highest BCUT2D eigenvalue weighted by atomic mass is 35.5. The minimum Gasteiger partial charge on any atom is -0.390 e. The Labute approximate surface area is 117 Å². The number of halogens is 1. The molecule has 0 bridgehead atoms. The van der Waals surface area contributed by atoms with E-state index in [1.165, 1.54) is 6.20 Å². The molecule has 1 aliphatic heterocycles. The van der Waals surface area contributed by atoms with Crippen molar-refractivity contribution in [1.29, 1.82) is 0 Å². The van der Waals surface area contributed by atoms with Crippen LogP contribution in [0.3, 0.4) is 0 Å². The predicted molar refractivity (Wildman–Crippen MR) is 72.2 cm³/mol. The van der Waals surface area contributed by atoms with E-state index in [4.69, 9.17) is 0 Å². The van der Waals surface area contributed by atoms with Gasteiger partial charge in [-0.05, 0) is 30.7 Å². The fraction of sp³-hybridized carbons (Fsp3) is 0.727. The molecule has 19 heavy (non-hydrogen) atoms. The second-order valence-corrected chi connectivity index (χ2v) is 4.57. The molecule has 8 heteroatoms. The van der Waals surface area contributed by atoms with Gasteiger partial charge in [-0.2, -0.15) is 0 Å². The number of hydrogen-bond donors (Lipinski definition) is 2. The van der Waals surface area contributed by atoms with Gasteiger partial charge in [0.2, 0.25) is 0 Å². The molecule has 2 rings (SSSR count). The van der Waals surface area contributed by atoms with E-state index in [2.05, 4.69) is 10.3 Å². The maximum atomic E-state index is 10.9. The van der Waals surface area contributed by atoms with Crippen LogP contribution in [-0.4, -0.2) is 32.4 Å². The third-order valence-corrected chi connectivity index (χ3v) is 3.55. The molecular formula is C11H19ClN4O3. The Kier molecular flexibility index (Phi) is 5.71. The number of hydrogen-bond acceptors (Lipinski definition) is 5. The lowest BCUT2D eigenvalue weighted by Gasteiger charge is -2.33. The molecule has 1 aromatic rings. The minimum atomic E-state index is -0.606. The van der Waals surface area contributed by atoms with E-state index in [0.717, 1.165) is 25.8 Å². The zero-order chi connectivity index (χ0) is 13.1. The molecule has 108 valence electrons. The van der Waals surface area contributed by atoms with Gasteiger partial charge in [-0.3, -0.25) is 5.32 Å². The molecule has 1 aromatic heterocycles. The van der Waals surface area contributed by atoms with Gasteiger partial charge in [-0.25, -0.2) is 4.57 Å². The number of nitro groups is 1. The third kappa shape index (κ3) is 3.23. The van der Waals surface area contributed by atoms with Crippen molar-refractivity contribution in [2.75, 3.05) is 6.54 Å². The third-order valence-electron chi connectivity index (χ3n) is 3.55. The van der Waals surface area contributed by atoms with Crippen LogP contribution in [0.25, 0.3) is 0 Å². The van der Waals surface area contributed by atoms with Crippen LogP contribution in [0.15, 0.2) is 12.4 Å². The van der Waals surface area contributed by atoms with Gasteiger partial charge in [-0.15, -0.1) is 12.4 Å². The smallest absolute Gasteiger partial charge is 0.390 e. The Morgan fingerprint density at radius 3 is 3.05 bits per heavy atom. The van der Waals surface area contributed by atoms with Crippen LogP contribution in [0.1, 0.15) is 32.2 Å². The first-order valence-corrected chi connectivity index (χ1v) is 6.23. The summed E-state index contributed by atoms with van der Waals surface area (Å²) in [6.45, 7) is 2.76. The highest BCUT2D eigenvalue weighted by Crippen LogP contribution is 2.32. The highest BCUT2D eigenvalue weighted by molar-refractivity contribution is 5.85. The molecular weight excluding hydrogens is 272 g/mol. The highest BCUT2D eigenvalue weighted by Gasteiger charge is 2.35. The molecule has 0 aliphatic carbocycles. The van der Waals surface area contributed by atoms with Crippen molar-refractivity contribution in [2.24, 2.45) is 5.92 Å². The van der Waals surface area contributed by atoms with E-state index >= 15 is 0 Å². The fourth-order valence-corrected chi connectivity index (χ4v) is 2.71. The quantitative estimate of drug-likeness (QED) is 0.647. The SMILES string of the molecule is CCC(C1CCCNC1O)n1ccnc1[N+](=O)[O-].Cl. The lowest BCUT2D eigenvalue weighted by atomic mass is 9.88. The Balaban J connectivity index is 0.00000180. The summed E-state index contributed by atoms with van der Waals surface area (Å²) in [5.74, 6) is -0.170. The summed E-state index contributed by atoms with van der Waals surface area (Å²) in [6.07, 6.45) is 5.01. The molecule has 0 amide bonds. The first-order chi connectivity index (χ1) is 8.65. The van der Waals surface area contributed by atoms with Gasteiger partial charge < -0.3 is 15.2 Å². The predicted octanol–water partition coefficient (Wildman–Crippen LogP) is 1.48. The van der Waals surface area contributed by atoms with Gasteiger partial charge >= 0.3 is 5.95 Å². The van der Waals surface area contributed by atoms with Crippen molar-refractivity contribution in [3.63, 3.8) is 0 Å². The second-order valence-electron chi connectivity index (χ2n) is 4.57. The normalized spacial score (nSPS) is 24.5. The summed E-state index contributed by atoms with van der Waals surface area (Å²) in [4.78, 5) is 14.2. The first kappa shape index (κ1) is 15.9. The van der Waals surface area contributed by atoms with Gasteiger partial charge in [0.05, 0.1) is 6.04 Å². The van der Waals surface area contributed by atoms with E-state index in [9.17, 15) is 15.2 Å². The largest absolute Gasteiger partial charge is 0.434 e. The average Bonchev–Trinajstić information content (AvgIpc) is 2.82. The number of imidazole rings is 1. The number of nitrogens with one attached hydrogen (secondary N) is 1. The average molecular weight is 291 g/mol. The molecule has 2 N–H and O–H groups in total. The Morgan fingerprint density at radius 2 is 2.47 bits per heavy atom. The summed E-state index contributed by atoms with van der Waals surface area (Å²) < 4.78 is 1.57. The van der Waals surface area contributed by atoms with Crippen LogP contribution >= 0.6 is 12.4 Å². The van der Waals surface area contributed by atoms with Crippen LogP contribution in [0.5, 0.6) is 0 Å². The van der Waals surface area contributed by atoms with Crippen LogP contribution in [0.2, 0.25) is 0 Å². The maximum Gasteiger partial charge on any atom is 0.434 e. The van der Waals surface area contributed by atoms with Crippen LogP contribution in [0.4, 0.5) is 5.95 Å². The molecule has 3 unspecified atom stereocenters. The van der Waals surface area contributed by atoms with E-state index in [1.807, 2.05) is 6.92 Å². The molecule has 1 fully saturated rings. The van der Waals surface area contributed by atoms with Gasteiger partial charge in [0.25, 0.3) is 0 Å². The molecule has 0 radical (unpaired) electrons. The number of rotatable bonds is 4. The van der Waals surface area contributed by atoms with Crippen LogP contribution < -0.4 is 5.32 Å². The lowest BCUT2D eigenvalue weighted by Crippen LogP contribution is -2.44. The maximum absolute atomic E-state index is 10.9. The number of aromatic nitrogens is 2. The fourth-order valence-electron chi connectivity index (χ4n) is 2.71. The second kappa shape index (κ2) is 6.83. The van der Waals surface area contributed by atoms with Crippen molar-refractivity contribution in [1.82, 2.24) is 14.9 Å². The lowest BCUT2D eigenvalue weighted by molar-refractivity contribution is -0.397. The van der Waals surface area contributed by atoms with Crippen molar-refractivity contribution >= 4 is 18.4 Å². The van der Waals surface area contributed by atoms with E-state index in [-0.39, 0.29) is 30.3 Å². The van der Waals surface area contributed by atoms with Crippen molar-refractivity contribution in [2.45, 2.75) is 38.5 Å². The van der Waals surface area contributed by atoms with Gasteiger partial charge in [0.15, 0.2) is 0 Å². The Morgan fingerprint density at radius 1 is 1.74 bits per heavy atom. The summed E-state index contributed by atoms with van der Waals surface area (Å²) >= 11 is 0. The summed E-state index contributed by atoms with van der Waals surface area (Å²) in [7, 11) is 0. The summed E-state index contributed by atoms with van der Waals surface area (Å²) in [5.41, 5.74) is 0. The number of aliphatic hydroxyl groups is 1. The van der Waals surface area contributed by atoms with E-state index in [0.29, 0.717) is 0 Å². The summed E-state index contributed by atoms with van der Waals surface area (Å²) in [5, 5.41) is 23.9. The van der Waals surface area contributed by atoms with Crippen LogP contribution in [0, 0.1) is 16.0 Å². The Hall–Kier alpha value is -1.18. The van der Waals surface area contributed by atoms with E-state index in [1.54, 1.807) is 10.8 Å². The zero-order valence-electron chi connectivity index (χ0n) is 10.7. The van der Waals surface area contributed by atoms with Gasteiger partial charge in [0, 0.05) is 5.92 Å². The number of piperidine rings is 1. The molecule has 0 aromatic carbocycles. The molecule has 1 aliphatic rings. The molecule has 7 nitrogen and oxygen atoms in total. The molecule has 1 saturated heterocycles. The minimum absolute atomic E-state index is 0.